The molecule has 1 aromatic rings. The first-order valence-electron chi connectivity index (χ1n) is 4.92. The van der Waals surface area contributed by atoms with E-state index in [0.29, 0.717) is 23.4 Å². The van der Waals surface area contributed by atoms with Gasteiger partial charge in [-0.2, -0.15) is 0 Å². The topological polar surface area (TPSA) is 17.1 Å². The lowest BCUT2D eigenvalue weighted by molar-refractivity contribution is -0.117. The molecule has 0 bridgehead atoms. The SMILES string of the molecule is CC(=O)CC(C)Cc1ccc(Cl)cc1F. The lowest BCUT2D eigenvalue weighted by Crippen LogP contribution is -2.06. The van der Waals surface area contributed by atoms with E-state index < -0.39 is 0 Å². The van der Waals surface area contributed by atoms with Crippen LogP contribution in [0.4, 0.5) is 4.39 Å². The van der Waals surface area contributed by atoms with E-state index in [4.69, 9.17) is 11.6 Å². The van der Waals surface area contributed by atoms with Gasteiger partial charge < -0.3 is 4.79 Å². The number of hydrogen-bond donors (Lipinski definition) is 0. The van der Waals surface area contributed by atoms with E-state index in [-0.39, 0.29) is 17.5 Å². The molecule has 1 unspecified atom stereocenters. The molecule has 82 valence electrons. The Hall–Kier alpha value is -0.890. The van der Waals surface area contributed by atoms with E-state index in [1.165, 1.54) is 6.07 Å². The van der Waals surface area contributed by atoms with Crippen LogP contribution in [0.15, 0.2) is 18.2 Å². The molecular formula is C12H14ClFO. The van der Waals surface area contributed by atoms with Crippen molar-refractivity contribution in [3.05, 3.63) is 34.6 Å². The van der Waals surface area contributed by atoms with Gasteiger partial charge in [0, 0.05) is 11.4 Å². The van der Waals surface area contributed by atoms with Gasteiger partial charge in [-0.3, -0.25) is 0 Å². The van der Waals surface area contributed by atoms with Gasteiger partial charge in [0.25, 0.3) is 0 Å². The smallest absolute Gasteiger partial charge is 0.130 e. The third-order valence-corrected chi connectivity index (χ3v) is 2.45. The maximum atomic E-state index is 13.4. The summed E-state index contributed by atoms with van der Waals surface area (Å²) in [5, 5.41) is 0.399. The largest absolute Gasteiger partial charge is 0.300 e. The molecule has 15 heavy (non-hydrogen) atoms. The molecule has 0 fully saturated rings. The van der Waals surface area contributed by atoms with Crippen molar-refractivity contribution >= 4 is 17.4 Å². The summed E-state index contributed by atoms with van der Waals surface area (Å²) < 4.78 is 13.4. The third kappa shape index (κ3) is 4.00. The lowest BCUT2D eigenvalue weighted by atomic mass is 9.96. The van der Waals surface area contributed by atoms with Crippen molar-refractivity contribution in [2.45, 2.75) is 26.7 Å². The van der Waals surface area contributed by atoms with Gasteiger partial charge in [0.15, 0.2) is 0 Å². The second-order valence-corrected chi connectivity index (χ2v) is 4.39. The van der Waals surface area contributed by atoms with Crippen molar-refractivity contribution < 1.29 is 9.18 Å². The standard InChI is InChI=1S/C12H14ClFO/c1-8(5-9(2)15)6-10-3-4-11(13)7-12(10)14/h3-4,7-8H,5-6H2,1-2H3. The van der Waals surface area contributed by atoms with Gasteiger partial charge in [-0.1, -0.05) is 24.6 Å². The second-order valence-electron chi connectivity index (χ2n) is 3.95. The minimum atomic E-state index is -0.294. The van der Waals surface area contributed by atoms with Crippen molar-refractivity contribution in [3.8, 4) is 0 Å². The fraction of sp³-hybridized carbons (Fsp3) is 0.417. The Morgan fingerprint density at radius 1 is 1.53 bits per heavy atom. The van der Waals surface area contributed by atoms with E-state index in [1.54, 1.807) is 19.1 Å². The molecule has 0 radical (unpaired) electrons. The molecule has 0 aliphatic rings. The number of ketones is 1. The lowest BCUT2D eigenvalue weighted by Gasteiger charge is -2.10. The number of carbonyl (C=O) groups excluding carboxylic acids is 1. The van der Waals surface area contributed by atoms with Crippen LogP contribution in [-0.2, 0) is 11.2 Å². The van der Waals surface area contributed by atoms with Crippen LogP contribution in [0, 0.1) is 11.7 Å². The van der Waals surface area contributed by atoms with Crippen molar-refractivity contribution in [3.63, 3.8) is 0 Å². The highest BCUT2D eigenvalue weighted by Crippen LogP contribution is 2.19. The van der Waals surface area contributed by atoms with Crippen LogP contribution in [-0.4, -0.2) is 5.78 Å². The van der Waals surface area contributed by atoms with Crippen molar-refractivity contribution in [2.24, 2.45) is 5.92 Å². The van der Waals surface area contributed by atoms with E-state index in [1.807, 2.05) is 6.92 Å². The van der Waals surface area contributed by atoms with Crippen LogP contribution >= 0.6 is 11.6 Å². The average Bonchev–Trinajstić information content (AvgIpc) is 2.08. The summed E-state index contributed by atoms with van der Waals surface area (Å²) in [6, 6.07) is 4.64. The number of benzene rings is 1. The van der Waals surface area contributed by atoms with Crippen LogP contribution in [0.2, 0.25) is 5.02 Å². The molecule has 1 aromatic carbocycles. The molecule has 0 saturated heterocycles. The summed E-state index contributed by atoms with van der Waals surface area (Å²) in [6.45, 7) is 3.49. The molecule has 0 spiro atoms. The zero-order chi connectivity index (χ0) is 11.4. The number of rotatable bonds is 4. The highest BCUT2D eigenvalue weighted by molar-refractivity contribution is 6.30. The van der Waals surface area contributed by atoms with Gasteiger partial charge in [-0.25, -0.2) is 4.39 Å². The quantitative estimate of drug-likeness (QED) is 0.769. The summed E-state index contributed by atoms with van der Waals surface area (Å²) in [5.74, 6) is 0.00736. The van der Waals surface area contributed by atoms with E-state index in [0.717, 1.165) is 0 Å². The number of Topliss-reactive ketones (excluding diaryl/α,β-unsaturated/α-hetero) is 1. The van der Waals surface area contributed by atoms with Crippen LogP contribution in [0.5, 0.6) is 0 Å². The summed E-state index contributed by atoms with van der Waals surface area (Å²) in [4.78, 5) is 10.9. The number of carbonyl (C=O) groups is 1. The van der Waals surface area contributed by atoms with Gasteiger partial charge in [-0.05, 0) is 37.0 Å². The first-order chi connectivity index (χ1) is 6.99. The predicted molar refractivity (Wildman–Crippen MR) is 59.6 cm³/mol. The molecule has 0 saturated carbocycles. The molecule has 0 heterocycles. The van der Waals surface area contributed by atoms with Crippen molar-refractivity contribution in [2.75, 3.05) is 0 Å². The van der Waals surface area contributed by atoms with Crippen LogP contribution in [0.3, 0.4) is 0 Å². The van der Waals surface area contributed by atoms with Crippen molar-refractivity contribution in [1.29, 1.82) is 0 Å². The molecule has 0 N–H and O–H groups in total. The molecule has 0 amide bonds. The van der Waals surface area contributed by atoms with Crippen molar-refractivity contribution in [1.82, 2.24) is 0 Å². The minimum absolute atomic E-state index is 0.136. The fourth-order valence-corrected chi connectivity index (χ4v) is 1.78. The van der Waals surface area contributed by atoms with Gasteiger partial charge in [0.1, 0.15) is 11.6 Å². The number of halogens is 2. The zero-order valence-corrected chi connectivity index (χ0v) is 9.64. The van der Waals surface area contributed by atoms with Crippen LogP contribution in [0.25, 0.3) is 0 Å². The second kappa shape index (κ2) is 5.26. The molecular weight excluding hydrogens is 215 g/mol. The summed E-state index contributed by atoms with van der Waals surface area (Å²) in [7, 11) is 0. The minimum Gasteiger partial charge on any atom is -0.300 e. The Bertz CT molecular complexity index is 363. The predicted octanol–water partition coefficient (Wildman–Crippen LogP) is 3.64. The number of hydrogen-bond acceptors (Lipinski definition) is 1. The first kappa shape index (κ1) is 12.2. The van der Waals surface area contributed by atoms with Crippen LogP contribution in [0.1, 0.15) is 25.8 Å². The molecule has 0 aromatic heterocycles. The molecule has 1 rings (SSSR count). The van der Waals surface area contributed by atoms with E-state index in [2.05, 4.69) is 0 Å². The van der Waals surface area contributed by atoms with E-state index >= 15 is 0 Å². The van der Waals surface area contributed by atoms with Gasteiger partial charge >= 0.3 is 0 Å². The maximum absolute atomic E-state index is 13.4. The Morgan fingerprint density at radius 3 is 2.73 bits per heavy atom. The normalized spacial score (nSPS) is 12.5. The molecule has 0 aliphatic carbocycles. The van der Waals surface area contributed by atoms with Gasteiger partial charge in [0.2, 0.25) is 0 Å². The highest BCUT2D eigenvalue weighted by Gasteiger charge is 2.10. The summed E-state index contributed by atoms with van der Waals surface area (Å²) >= 11 is 5.64. The maximum Gasteiger partial charge on any atom is 0.130 e. The van der Waals surface area contributed by atoms with Gasteiger partial charge in [0.05, 0.1) is 0 Å². The third-order valence-electron chi connectivity index (χ3n) is 2.22. The zero-order valence-electron chi connectivity index (χ0n) is 8.89. The Balaban J connectivity index is 2.68. The molecule has 1 nitrogen and oxygen atoms in total. The molecule has 3 heteroatoms. The summed E-state index contributed by atoms with van der Waals surface area (Å²) in [6.07, 6.45) is 1.06. The average molecular weight is 229 g/mol. The molecule has 1 atom stereocenters. The Kier molecular flexibility index (Phi) is 4.28. The van der Waals surface area contributed by atoms with Crippen LogP contribution < -0.4 is 0 Å². The Morgan fingerprint density at radius 2 is 2.20 bits per heavy atom. The van der Waals surface area contributed by atoms with E-state index in [9.17, 15) is 9.18 Å². The molecule has 0 aliphatic heterocycles. The first-order valence-corrected chi connectivity index (χ1v) is 5.30. The highest BCUT2D eigenvalue weighted by atomic mass is 35.5. The summed E-state index contributed by atoms with van der Waals surface area (Å²) in [5.41, 5.74) is 0.619. The van der Waals surface area contributed by atoms with Gasteiger partial charge in [-0.15, -0.1) is 0 Å². The monoisotopic (exact) mass is 228 g/mol. The fourth-order valence-electron chi connectivity index (χ4n) is 1.63. The Labute approximate surface area is 94.3 Å².